The summed E-state index contributed by atoms with van der Waals surface area (Å²) in [6.45, 7) is 8.09. The van der Waals surface area contributed by atoms with Crippen LogP contribution >= 0.6 is 0 Å². The lowest BCUT2D eigenvalue weighted by atomic mass is 9.98. The molecule has 0 aliphatic heterocycles. The first-order valence-corrected chi connectivity index (χ1v) is 15.3. The van der Waals surface area contributed by atoms with Gasteiger partial charge in [0, 0.05) is 13.0 Å². The third kappa shape index (κ3) is 8.65. The maximum absolute atomic E-state index is 13.4. The van der Waals surface area contributed by atoms with Crippen LogP contribution in [0.3, 0.4) is 0 Å². The van der Waals surface area contributed by atoms with Crippen molar-refractivity contribution in [3.8, 4) is 11.1 Å². The molecule has 1 N–H and O–H groups in total. The molecule has 1 aliphatic carbocycles. The van der Waals surface area contributed by atoms with Crippen molar-refractivity contribution in [3.05, 3.63) is 95.6 Å². The topological polar surface area (TPSA) is 120 Å². The summed E-state index contributed by atoms with van der Waals surface area (Å²) in [4.78, 5) is 53.3. The number of carbonyl (C=O) groups is 4. The van der Waals surface area contributed by atoms with E-state index in [-0.39, 0.29) is 25.0 Å². The molecule has 3 aromatic rings. The molecule has 0 saturated heterocycles. The minimum Gasteiger partial charge on any atom is -0.461 e. The van der Waals surface area contributed by atoms with E-state index in [1.807, 2.05) is 42.5 Å². The van der Waals surface area contributed by atoms with Crippen LogP contribution in [-0.4, -0.2) is 67.0 Å². The van der Waals surface area contributed by atoms with Gasteiger partial charge in [-0.1, -0.05) is 92.7 Å². The Bertz CT molecular complexity index is 1490. The number of alkyl carbamates (subject to hydrolysis) is 1. The summed E-state index contributed by atoms with van der Waals surface area (Å²) in [6, 6.07) is 22.7. The number of nitrogens with one attached hydrogen (secondary N) is 1. The molecule has 0 unspecified atom stereocenters. The summed E-state index contributed by atoms with van der Waals surface area (Å²) in [5.41, 5.74) is 4.27. The van der Waals surface area contributed by atoms with Crippen molar-refractivity contribution in [1.29, 1.82) is 0 Å². The maximum Gasteiger partial charge on any atom is 0.410 e. The van der Waals surface area contributed by atoms with Crippen LogP contribution < -0.4 is 5.32 Å². The number of ether oxygens (including phenoxy) is 4. The predicted octanol–water partition coefficient (Wildman–Crippen LogP) is 6.07. The van der Waals surface area contributed by atoms with E-state index >= 15 is 0 Å². The van der Waals surface area contributed by atoms with Crippen molar-refractivity contribution in [3.63, 3.8) is 0 Å². The Hall–Kier alpha value is -4.86. The van der Waals surface area contributed by atoms with E-state index in [1.165, 1.54) is 11.9 Å². The van der Waals surface area contributed by atoms with E-state index in [9.17, 15) is 19.2 Å². The summed E-state index contributed by atoms with van der Waals surface area (Å²) in [5.74, 6) is -2.08. The predicted molar refractivity (Wildman–Crippen MR) is 172 cm³/mol. The summed E-state index contributed by atoms with van der Waals surface area (Å²) in [7, 11) is 1.47. The van der Waals surface area contributed by atoms with Crippen molar-refractivity contribution in [2.45, 2.75) is 64.8 Å². The van der Waals surface area contributed by atoms with Gasteiger partial charge in [-0.2, -0.15) is 0 Å². The zero-order chi connectivity index (χ0) is 33.4. The molecule has 0 saturated carbocycles. The van der Waals surface area contributed by atoms with Gasteiger partial charge in [-0.3, -0.25) is 4.90 Å². The molecule has 3 aromatic carbocycles. The Labute approximate surface area is 270 Å². The van der Waals surface area contributed by atoms with Crippen LogP contribution in [0.4, 0.5) is 9.59 Å². The van der Waals surface area contributed by atoms with Crippen LogP contribution in [-0.2, 0) is 35.1 Å². The molecule has 0 heterocycles. The van der Waals surface area contributed by atoms with E-state index in [1.54, 1.807) is 58.9 Å². The highest BCUT2D eigenvalue weighted by atomic mass is 16.6. The summed E-state index contributed by atoms with van der Waals surface area (Å²) >= 11 is 0. The molecule has 244 valence electrons. The van der Waals surface area contributed by atoms with Gasteiger partial charge in [0.15, 0.2) is 6.04 Å². The molecule has 4 rings (SSSR count). The van der Waals surface area contributed by atoms with Crippen molar-refractivity contribution < 1.29 is 38.1 Å². The third-order valence-electron chi connectivity index (χ3n) is 7.51. The number of hydrogen-bond donors (Lipinski definition) is 1. The van der Waals surface area contributed by atoms with Crippen molar-refractivity contribution in [2.24, 2.45) is 5.92 Å². The first kappa shape index (κ1) is 34.0. The molecule has 1 aliphatic rings. The SMILES string of the molecule is CC(C)[C@@H](C(=O)OC[C@@H](NC(=O)OC(C)(C)C)C(=O)OCc1ccccc1)N(C)C(=O)OCC1c2ccccc2-c2ccccc21. The van der Waals surface area contributed by atoms with Gasteiger partial charge in [0.25, 0.3) is 0 Å². The Morgan fingerprint density at radius 3 is 1.91 bits per heavy atom. The second kappa shape index (κ2) is 14.9. The molecule has 0 aromatic heterocycles. The number of carbonyl (C=O) groups excluding carboxylic acids is 4. The van der Waals surface area contributed by atoms with E-state index in [0.717, 1.165) is 27.8 Å². The van der Waals surface area contributed by atoms with Crippen LogP contribution in [0.15, 0.2) is 78.9 Å². The first-order chi connectivity index (χ1) is 21.9. The Balaban J connectivity index is 1.40. The fraction of sp³-hybridized carbons (Fsp3) is 0.389. The molecular weight excluding hydrogens is 588 g/mol. The Morgan fingerprint density at radius 2 is 1.35 bits per heavy atom. The first-order valence-electron chi connectivity index (χ1n) is 15.3. The number of likely N-dealkylation sites (N-methyl/N-ethyl adjacent to an activating group) is 1. The van der Waals surface area contributed by atoms with E-state index in [4.69, 9.17) is 18.9 Å². The lowest BCUT2D eigenvalue weighted by Gasteiger charge is -2.30. The number of fused-ring (bicyclic) bond motifs is 3. The van der Waals surface area contributed by atoms with Crippen LogP contribution in [0.1, 0.15) is 57.2 Å². The highest BCUT2D eigenvalue weighted by Crippen LogP contribution is 2.44. The molecule has 0 spiro atoms. The Kier molecular flexibility index (Phi) is 11.1. The monoisotopic (exact) mass is 630 g/mol. The number of benzene rings is 3. The van der Waals surface area contributed by atoms with Gasteiger partial charge in [-0.05, 0) is 54.5 Å². The molecule has 10 heteroatoms. The molecule has 0 bridgehead atoms. The third-order valence-corrected chi connectivity index (χ3v) is 7.51. The van der Waals surface area contributed by atoms with Crippen molar-refractivity contribution >= 4 is 24.1 Å². The smallest absolute Gasteiger partial charge is 0.410 e. The normalized spacial score (nSPS) is 13.5. The van der Waals surface area contributed by atoms with Crippen molar-refractivity contribution in [1.82, 2.24) is 10.2 Å². The molecule has 2 atom stereocenters. The number of nitrogens with zero attached hydrogens (tertiary/aromatic N) is 1. The number of hydrogen-bond acceptors (Lipinski definition) is 8. The minimum atomic E-state index is -1.35. The second-order valence-electron chi connectivity index (χ2n) is 12.5. The van der Waals surface area contributed by atoms with E-state index in [0.29, 0.717) is 0 Å². The van der Waals surface area contributed by atoms with E-state index < -0.39 is 48.4 Å². The van der Waals surface area contributed by atoms with Crippen LogP contribution in [0.5, 0.6) is 0 Å². The highest BCUT2D eigenvalue weighted by molar-refractivity contribution is 5.84. The molecule has 0 fully saturated rings. The second-order valence-corrected chi connectivity index (χ2v) is 12.5. The molecule has 0 radical (unpaired) electrons. The summed E-state index contributed by atoms with van der Waals surface area (Å²) < 4.78 is 21.9. The Morgan fingerprint density at radius 1 is 0.783 bits per heavy atom. The molecule has 10 nitrogen and oxygen atoms in total. The average molecular weight is 631 g/mol. The van der Waals surface area contributed by atoms with Crippen LogP contribution in [0.25, 0.3) is 11.1 Å². The minimum absolute atomic E-state index is 0.0424. The zero-order valence-electron chi connectivity index (χ0n) is 27.1. The summed E-state index contributed by atoms with van der Waals surface area (Å²) in [6.07, 6.45) is -1.57. The fourth-order valence-corrected chi connectivity index (χ4v) is 5.39. The highest BCUT2D eigenvalue weighted by Gasteiger charge is 2.36. The number of esters is 2. The van der Waals surface area contributed by atoms with Crippen LogP contribution in [0, 0.1) is 5.92 Å². The molecular formula is C36H42N2O8. The summed E-state index contributed by atoms with van der Waals surface area (Å²) in [5, 5.41) is 2.43. The fourth-order valence-electron chi connectivity index (χ4n) is 5.39. The van der Waals surface area contributed by atoms with Gasteiger partial charge in [0.05, 0.1) is 0 Å². The lowest BCUT2D eigenvalue weighted by molar-refractivity contribution is -0.156. The van der Waals surface area contributed by atoms with E-state index in [2.05, 4.69) is 17.4 Å². The average Bonchev–Trinajstić information content (AvgIpc) is 3.33. The lowest BCUT2D eigenvalue weighted by Crippen LogP contribution is -2.50. The van der Waals surface area contributed by atoms with Gasteiger partial charge in [-0.15, -0.1) is 0 Å². The van der Waals surface area contributed by atoms with Crippen LogP contribution in [0.2, 0.25) is 0 Å². The quantitative estimate of drug-likeness (QED) is 0.200. The van der Waals surface area contributed by atoms with Gasteiger partial charge >= 0.3 is 24.1 Å². The number of amides is 2. The van der Waals surface area contributed by atoms with Gasteiger partial charge in [-0.25, -0.2) is 19.2 Å². The zero-order valence-corrected chi connectivity index (χ0v) is 27.1. The largest absolute Gasteiger partial charge is 0.461 e. The standard InChI is InChI=1S/C36H42N2O8/c1-23(2)31(38(6)35(42)45-21-29-27-18-12-10-16-25(27)26-17-11-13-19-28(26)29)33(40)44-22-30(37-34(41)46-36(3,4)5)32(39)43-20-24-14-8-7-9-15-24/h7-19,23,29-31H,20-22H2,1-6H3,(H,37,41)/t30-,31+/m1/s1. The maximum atomic E-state index is 13.4. The molecule has 2 amide bonds. The van der Waals surface area contributed by atoms with Gasteiger partial charge < -0.3 is 24.3 Å². The van der Waals surface area contributed by atoms with Gasteiger partial charge in [0.2, 0.25) is 0 Å². The van der Waals surface area contributed by atoms with Gasteiger partial charge in [0.1, 0.15) is 31.5 Å². The molecule has 46 heavy (non-hydrogen) atoms. The van der Waals surface area contributed by atoms with Crippen molar-refractivity contribution in [2.75, 3.05) is 20.3 Å². The number of rotatable bonds is 11.